The Balaban J connectivity index is 2.14. The number of aliphatic hydroxyl groups excluding tert-OH is 2. The Morgan fingerprint density at radius 3 is 3.00 bits per heavy atom. The molecule has 74 valence electrons. The fraction of sp³-hybridized carbons (Fsp3) is 0.875. The molecule has 0 radical (unpaired) electrons. The molecular formula is C8H13NO4. The number of piperidine rings is 1. The molecular weight excluding hydrogens is 174 g/mol. The molecule has 3 atom stereocenters. The van der Waals surface area contributed by atoms with E-state index < -0.39 is 6.10 Å². The van der Waals surface area contributed by atoms with Crippen LogP contribution in [0.25, 0.3) is 0 Å². The van der Waals surface area contributed by atoms with Crippen LogP contribution in [0.5, 0.6) is 0 Å². The van der Waals surface area contributed by atoms with Crippen LogP contribution in [0.1, 0.15) is 12.8 Å². The molecule has 0 aromatic heterocycles. The molecule has 2 rings (SSSR count). The summed E-state index contributed by atoms with van der Waals surface area (Å²) in [5, 5.41) is 18.5. The molecule has 0 bridgehead atoms. The number of hydrogen-bond acceptors (Lipinski definition) is 4. The van der Waals surface area contributed by atoms with E-state index in [1.165, 1.54) is 0 Å². The van der Waals surface area contributed by atoms with Crippen molar-refractivity contribution in [1.82, 2.24) is 4.90 Å². The van der Waals surface area contributed by atoms with Gasteiger partial charge in [0.25, 0.3) is 0 Å². The van der Waals surface area contributed by atoms with Gasteiger partial charge in [0.15, 0.2) is 0 Å². The van der Waals surface area contributed by atoms with Crippen molar-refractivity contribution < 1.29 is 19.7 Å². The van der Waals surface area contributed by atoms with Gasteiger partial charge in [-0.3, -0.25) is 4.90 Å². The minimum atomic E-state index is -0.423. The number of nitrogens with zero attached hydrogens (tertiary/aromatic N) is 1. The van der Waals surface area contributed by atoms with Gasteiger partial charge in [-0.15, -0.1) is 0 Å². The number of carbonyl (C=O) groups excluding carboxylic acids is 1. The highest BCUT2D eigenvalue weighted by Gasteiger charge is 2.43. The minimum absolute atomic E-state index is 0.0478. The van der Waals surface area contributed by atoms with Crippen LogP contribution < -0.4 is 0 Å². The van der Waals surface area contributed by atoms with Crippen LogP contribution in [0.3, 0.4) is 0 Å². The van der Waals surface area contributed by atoms with Gasteiger partial charge < -0.3 is 14.9 Å². The fourth-order valence-electron chi connectivity index (χ4n) is 2.10. The molecule has 2 aliphatic heterocycles. The standard InChI is InChI=1S/C8H13NO4/c10-3-5-1-7(11)2-6-4-13-8(12)9(5)6/h5-7,10-11H,1-4H2. The van der Waals surface area contributed by atoms with Gasteiger partial charge in [-0.1, -0.05) is 0 Å². The number of ether oxygens (including phenoxy) is 1. The Labute approximate surface area is 75.9 Å². The quantitative estimate of drug-likeness (QED) is 0.570. The third-order valence-corrected chi connectivity index (χ3v) is 2.70. The molecule has 13 heavy (non-hydrogen) atoms. The lowest BCUT2D eigenvalue weighted by atomic mass is 9.95. The molecule has 0 aromatic carbocycles. The molecule has 0 saturated carbocycles. The largest absolute Gasteiger partial charge is 0.447 e. The highest BCUT2D eigenvalue weighted by molar-refractivity contribution is 5.70. The van der Waals surface area contributed by atoms with Gasteiger partial charge in [-0.25, -0.2) is 4.79 Å². The summed E-state index contributed by atoms with van der Waals surface area (Å²) in [6, 6.07) is -0.322. The third kappa shape index (κ3) is 1.38. The third-order valence-electron chi connectivity index (χ3n) is 2.70. The van der Waals surface area contributed by atoms with E-state index in [0.717, 1.165) is 0 Å². The summed E-state index contributed by atoms with van der Waals surface area (Å²) in [6.45, 7) is 0.231. The highest BCUT2D eigenvalue weighted by Crippen LogP contribution is 2.28. The van der Waals surface area contributed by atoms with Crippen molar-refractivity contribution in [1.29, 1.82) is 0 Å². The zero-order chi connectivity index (χ0) is 9.42. The molecule has 0 aromatic rings. The molecule has 5 heteroatoms. The van der Waals surface area contributed by atoms with Crippen LogP contribution >= 0.6 is 0 Å². The van der Waals surface area contributed by atoms with E-state index in [1.54, 1.807) is 4.90 Å². The second-order valence-corrected chi connectivity index (χ2v) is 3.60. The number of fused-ring (bicyclic) bond motifs is 1. The van der Waals surface area contributed by atoms with E-state index in [4.69, 9.17) is 9.84 Å². The molecule has 2 heterocycles. The van der Waals surface area contributed by atoms with Gasteiger partial charge >= 0.3 is 6.09 Å². The van der Waals surface area contributed by atoms with Crippen LogP contribution in [-0.4, -0.2) is 52.6 Å². The topological polar surface area (TPSA) is 70.0 Å². The summed E-state index contributed by atoms with van der Waals surface area (Å²) in [5.74, 6) is 0. The van der Waals surface area contributed by atoms with Crippen molar-refractivity contribution in [2.24, 2.45) is 0 Å². The first-order valence-electron chi connectivity index (χ1n) is 4.46. The molecule has 0 spiro atoms. The van der Waals surface area contributed by atoms with E-state index in [2.05, 4.69) is 0 Å². The van der Waals surface area contributed by atoms with Crippen LogP contribution in [-0.2, 0) is 4.74 Å². The van der Waals surface area contributed by atoms with Crippen LogP contribution in [0.4, 0.5) is 4.79 Å². The predicted octanol–water partition coefficient (Wildman–Crippen LogP) is -0.677. The second kappa shape index (κ2) is 3.16. The first kappa shape index (κ1) is 8.77. The predicted molar refractivity (Wildman–Crippen MR) is 43.1 cm³/mol. The summed E-state index contributed by atoms with van der Waals surface area (Å²) in [6.07, 6.45) is 0.216. The van der Waals surface area contributed by atoms with Crippen molar-refractivity contribution in [3.05, 3.63) is 0 Å². The van der Waals surface area contributed by atoms with E-state index in [9.17, 15) is 9.90 Å². The van der Waals surface area contributed by atoms with E-state index in [1.807, 2.05) is 0 Å². The van der Waals surface area contributed by atoms with Crippen molar-refractivity contribution in [3.63, 3.8) is 0 Å². The van der Waals surface area contributed by atoms with Crippen molar-refractivity contribution in [3.8, 4) is 0 Å². The number of aliphatic hydroxyl groups is 2. The zero-order valence-electron chi connectivity index (χ0n) is 7.22. The average Bonchev–Trinajstić information content (AvgIpc) is 2.46. The lowest BCUT2D eigenvalue weighted by Gasteiger charge is -2.36. The second-order valence-electron chi connectivity index (χ2n) is 3.60. The molecule has 2 fully saturated rings. The molecule has 2 aliphatic rings. The number of amides is 1. The Morgan fingerprint density at radius 1 is 1.54 bits per heavy atom. The number of hydrogen-bond donors (Lipinski definition) is 2. The average molecular weight is 187 g/mol. The number of cyclic esters (lactones) is 1. The monoisotopic (exact) mass is 187 g/mol. The summed E-state index contributed by atoms with van der Waals surface area (Å²) >= 11 is 0. The van der Waals surface area contributed by atoms with Gasteiger partial charge in [0.2, 0.25) is 0 Å². The van der Waals surface area contributed by atoms with Crippen LogP contribution in [0.2, 0.25) is 0 Å². The molecule has 2 N–H and O–H groups in total. The minimum Gasteiger partial charge on any atom is -0.447 e. The van der Waals surface area contributed by atoms with Crippen molar-refractivity contribution >= 4 is 6.09 Å². The molecule has 0 aliphatic carbocycles. The summed E-state index contributed by atoms with van der Waals surface area (Å²) in [7, 11) is 0. The van der Waals surface area contributed by atoms with E-state index >= 15 is 0 Å². The Kier molecular flexibility index (Phi) is 2.13. The molecule has 3 unspecified atom stereocenters. The van der Waals surface area contributed by atoms with E-state index in [0.29, 0.717) is 19.4 Å². The Morgan fingerprint density at radius 2 is 2.31 bits per heavy atom. The summed E-state index contributed by atoms with van der Waals surface area (Å²) in [5.41, 5.74) is 0. The normalized spacial score (nSPS) is 38.8. The first-order valence-corrected chi connectivity index (χ1v) is 4.46. The first-order chi connectivity index (χ1) is 6.22. The number of rotatable bonds is 1. The van der Waals surface area contributed by atoms with Gasteiger partial charge in [-0.05, 0) is 12.8 Å². The van der Waals surface area contributed by atoms with Crippen molar-refractivity contribution in [2.45, 2.75) is 31.0 Å². The van der Waals surface area contributed by atoms with Gasteiger partial charge in [-0.2, -0.15) is 0 Å². The lowest BCUT2D eigenvalue weighted by Crippen LogP contribution is -2.51. The molecule has 1 amide bonds. The number of carbonyl (C=O) groups is 1. The Hall–Kier alpha value is -0.810. The van der Waals surface area contributed by atoms with Crippen molar-refractivity contribution in [2.75, 3.05) is 13.2 Å². The van der Waals surface area contributed by atoms with E-state index in [-0.39, 0.29) is 24.8 Å². The van der Waals surface area contributed by atoms with Gasteiger partial charge in [0.05, 0.1) is 24.8 Å². The lowest BCUT2D eigenvalue weighted by molar-refractivity contribution is 0.0194. The maximum atomic E-state index is 11.2. The molecule has 5 nitrogen and oxygen atoms in total. The zero-order valence-corrected chi connectivity index (χ0v) is 7.22. The maximum Gasteiger partial charge on any atom is 0.410 e. The fourth-order valence-corrected chi connectivity index (χ4v) is 2.10. The van der Waals surface area contributed by atoms with Crippen LogP contribution in [0, 0.1) is 0 Å². The van der Waals surface area contributed by atoms with Gasteiger partial charge in [0, 0.05) is 0 Å². The Bertz CT molecular complexity index is 220. The maximum absolute atomic E-state index is 11.2. The van der Waals surface area contributed by atoms with Gasteiger partial charge in [0.1, 0.15) is 6.61 Å². The smallest absolute Gasteiger partial charge is 0.410 e. The SMILES string of the molecule is O=C1OCC2CC(O)CC(CO)N12. The molecule has 2 saturated heterocycles. The summed E-state index contributed by atoms with van der Waals surface area (Å²) in [4.78, 5) is 12.7. The van der Waals surface area contributed by atoms with Crippen LogP contribution in [0.15, 0.2) is 0 Å². The summed E-state index contributed by atoms with van der Waals surface area (Å²) < 4.78 is 4.85. The highest BCUT2D eigenvalue weighted by atomic mass is 16.6.